The average molecular weight is 290 g/mol. The summed E-state index contributed by atoms with van der Waals surface area (Å²) in [5.74, 6) is 0. The van der Waals surface area contributed by atoms with Gasteiger partial charge in [-0.15, -0.1) is 0 Å². The summed E-state index contributed by atoms with van der Waals surface area (Å²) in [4.78, 5) is 0. The van der Waals surface area contributed by atoms with E-state index in [-0.39, 0.29) is 0 Å². The Morgan fingerprint density at radius 2 is 1.71 bits per heavy atom. The Morgan fingerprint density at radius 3 is 2.41 bits per heavy atom. The van der Waals surface area contributed by atoms with E-state index < -0.39 is 0 Å². The van der Waals surface area contributed by atoms with E-state index in [0.717, 1.165) is 16.7 Å². The molecule has 0 bridgehead atoms. The van der Waals surface area contributed by atoms with Gasteiger partial charge in [0, 0.05) is 16.7 Å². The standard InChI is InChI=1S/C15H16BrN/c1-11-3-4-12(2)13(9-11)10-17-15-7-5-14(16)6-8-15/h3-9,17H,10H2,1-2H3. The molecular formula is C15H16BrN. The lowest BCUT2D eigenvalue weighted by Crippen LogP contribution is -2.01. The number of hydrogen-bond donors (Lipinski definition) is 1. The van der Waals surface area contributed by atoms with Crippen LogP contribution in [0.4, 0.5) is 5.69 Å². The lowest BCUT2D eigenvalue weighted by Gasteiger charge is -2.10. The van der Waals surface area contributed by atoms with Gasteiger partial charge in [0.05, 0.1) is 0 Å². The fourth-order valence-corrected chi connectivity index (χ4v) is 2.02. The van der Waals surface area contributed by atoms with Gasteiger partial charge in [0.2, 0.25) is 0 Å². The maximum atomic E-state index is 3.44. The summed E-state index contributed by atoms with van der Waals surface area (Å²) in [6, 6.07) is 14.8. The predicted molar refractivity (Wildman–Crippen MR) is 77.4 cm³/mol. The molecule has 0 amide bonds. The zero-order chi connectivity index (χ0) is 12.3. The molecule has 88 valence electrons. The number of benzene rings is 2. The van der Waals surface area contributed by atoms with Crippen molar-refractivity contribution >= 4 is 21.6 Å². The van der Waals surface area contributed by atoms with E-state index in [2.05, 4.69) is 65.4 Å². The summed E-state index contributed by atoms with van der Waals surface area (Å²) in [5.41, 5.74) is 5.14. The van der Waals surface area contributed by atoms with Gasteiger partial charge in [0.15, 0.2) is 0 Å². The van der Waals surface area contributed by atoms with Crippen LogP contribution in [0.3, 0.4) is 0 Å². The molecule has 17 heavy (non-hydrogen) atoms. The molecule has 2 heteroatoms. The molecule has 2 aromatic carbocycles. The summed E-state index contributed by atoms with van der Waals surface area (Å²) >= 11 is 3.43. The molecular weight excluding hydrogens is 274 g/mol. The summed E-state index contributed by atoms with van der Waals surface area (Å²) in [7, 11) is 0. The third-order valence-electron chi connectivity index (χ3n) is 2.83. The van der Waals surface area contributed by atoms with Crippen LogP contribution in [0.2, 0.25) is 0 Å². The largest absolute Gasteiger partial charge is 0.381 e. The van der Waals surface area contributed by atoms with Crippen LogP contribution >= 0.6 is 15.9 Å². The molecule has 0 spiro atoms. The SMILES string of the molecule is Cc1ccc(C)c(CNc2ccc(Br)cc2)c1. The normalized spacial score (nSPS) is 10.3. The van der Waals surface area contributed by atoms with Crippen LogP contribution in [0.25, 0.3) is 0 Å². The molecule has 0 heterocycles. The van der Waals surface area contributed by atoms with Crippen LogP contribution in [0.1, 0.15) is 16.7 Å². The summed E-state index contributed by atoms with van der Waals surface area (Å²) < 4.78 is 1.11. The highest BCUT2D eigenvalue weighted by Gasteiger charge is 1.99. The average Bonchev–Trinajstić information content (AvgIpc) is 2.32. The minimum Gasteiger partial charge on any atom is -0.381 e. The molecule has 0 aromatic heterocycles. The second-order valence-electron chi connectivity index (χ2n) is 4.29. The molecule has 0 aliphatic carbocycles. The smallest absolute Gasteiger partial charge is 0.0403 e. The number of anilines is 1. The minimum absolute atomic E-state index is 0.870. The molecule has 0 aliphatic heterocycles. The summed E-state index contributed by atoms with van der Waals surface area (Å²) in [6.07, 6.45) is 0. The number of aryl methyl sites for hydroxylation is 2. The van der Waals surface area contributed by atoms with Gasteiger partial charge in [-0.3, -0.25) is 0 Å². The van der Waals surface area contributed by atoms with Crippen LogP contribution in [-0.2, 0) is 6.54 Å². The number of hydrogen-bond acceptors (Lipinski definition) is 1. The highest BCUT2D eigenvalue weighted by Crippen LogP contribution is 2.16. The van der Waals surface area contributed by atoms with Crippen LogP contribution in [0, 0.1) is 13.8 Å². The van der Waals surface area contributed by atoms with E-state index in [1.165, 1.54) is 16.7 Å². The van der Waals surface area contributed by atoms with Crippen molar-refractivity contribution in [3.63, 3.8) is 0 Å². The van der Waals surface area contributed by atoms with Crippen molar-refractivity contribution in [2.45, 2.75) is 20.4 Å². The van der Waals surface area contributed by atoms with E-state index in [9.17, 15) is 0 Å². The van der Waals surface area contributed by atoms with Crippen molar-refractivity contribution in [2.24, 2.45) is 0 Å². The van der Waals surface area contributed by atoms with Crippen molar-refractivity contribution < 1.29 is 0 Å². The van der Waals surface area contributed by atoms with Gasteiger partial charge >= 0.3 is 0 Å². The Kier molecular flexibility index (Phi) is 3.85. The third-order valence-corrected chi connectivity index (χ3v) is 3.36. The molecule has 0 saturated carbocycles. The first-order chi connectivity index (χ1) is 8.15. The first kappa shape index (κ1) is 12.2. The topological polar surface area (TPSA) is 12.0 Å². The maximum Gasteiger partial charge on any atom is 0.0403 e. The second-order valence-corrected chi connectivity index (χ2v) is 5.21. The Balaban J connectivity index is 2.07. The van der Waals surface area contributed by atoms with Crippen LogP contribution < -0.4 is 5.32 Å². The highest BCUT2D eigenvalue weighted by molar-refractivity contribution is 9.10. The lowest BCUT2D eigenvalue weighted by molar-refractivity contribution is 1.11. The van der Waals surface area contributed by atoms with Crippen molar-refractivity contribution in [3.05, 3.63) is 63.6 Å². The van der Waals surface area contributed by atoms with Gasteiger partial charge in [-0.25, -0.2) is 0 Å². The first-order valence-corrected chi connectivity index (χ1v) is 6.50. The lowest BCUT2D eigenvalue weighted by atomic mass is 10.1. The fraction of sp³-hybridized carbons (Fsp3) is 0.200. The van der Waals surface area contributed by atoms with E-state index in [1.807, 2.05) is 12.1 Å². The second kappa shape index (κ2) is 5.37. The number of rotatable bonds is 3. The highest BCUT2D eigenvalue weighted by atomic mass is 79.9. The molecule has 2 rings (SSSR count). The van der Waals surface area contributed by atoms with Gasteiger partial charge in [0.25, 0.3) is 0 Å². The molecule has 0 saturated heterocycles. The Hall–Kier alpha value is -1.28. The zero-order valence-electron chi connectivity index (χ0n) is 10.1. The summed E-state index contributed by atoms with van der Waals surface area (Å²) in [5, 5.41) is 3.44. The number of nitrogens with one attached hydrogen (secondary N) is 1. The predicted octanol–water partition coefficient (Wildman–Crippen LogP) is 4.68. The van der Waals surface area contributed by atoms with Gasteiger partial charge in [-0.05, 0) is 49.2 Å². The molecule has 0 atom stereocenters. The Labute approximate surface area is 111 Å². The van der Waals surface area contributed by atoms with Crippen LogP contribution in [0.15, 0.2) is 46.9 Å². The zero-order valence-corrected chi connectivity index (χ0v) is 11.7. The van der Waals surface area contributed by atoms with Crippen molar-refractivity contribution in [3.8, 4) is 0 Å². The van der Waals surface area contributed by atoms with E-state index in [1.54, 1.807) is 0 Å². The Morgan fingerprint density at radius 1 is 1.00 bits per heavy atom. The van der Waals surface area contributed by atoms with Crippen molar-refractivity contribution in [1.82, 2.24) is 0 Å². The number of halogens is 1. The van der Waals surface area contributed by atoms with Gasteiger partial charge in [-0.2, -0.15) is 0 Å². The molecule has 0 aliphatic rings. The Bertz CT molecular complexity index is 503. The van der Waals surface area contributed by atoms with Gasteiger partial charge in [-0.1, -0.05) is 39.7 Å². The third kappa shape index (κ3) is 3.34. The quantitative estimate of drug-likeness (QED) is 0.865. The van der Waals surface area contributed by atoms with Crippen LogP contribution in [-0.4, -0.2) is 0 Å². The molecule has 0 radical (unpaired) electrons. The monoisotopic (exact) mass is 289 g/mol. The molecule has 0 unspecified atom stereocenters. The van der Waals surface area contributed by atoms with Crippen molar-refractivity contribution in [2.75, 3.05) is 5.32 Å². The van der Waals surface area contributed by atoms with Crippen LogP contribution in [0.5, 0.6) is 0 Å². The summed E-state index contributed by atoms with van der Waals surface area (Å²) in [6.45, 7) is 5.15. The van der Waals surface area contributed by atoms with Gasteiger partial charge < -0.3 is 5.32 Å². The van der Waals surface area contributed by atoms with E-state index in [0.29, 0.717) is 0 Å². The minimum atomic E-state index is 0.870. The van der Waals surface area contributed by atoms with E-state index in [4.69, 9.17) is 0 Å². The van der Waals surface area contributed by atoms with Gasteiger partial charge in [0.1, 0.15) is 0 Å². The fourth-order valence-electron chi connectivity index (χ4n) is 1.76. The van der Waals surface area contributed by atoms with Crippen molar-refractivity contribution in [1.29, 1.82) is 0 Å². The first-order valence-electron chi connectivity index (χ1n) is 5.71. The molecule has 1 N–H and O–H groups in total. The van der Waals surface area contributed by atoms with E-state index >= 15 is 0 Å². The maximum absolute atomic E-state index is 3.44. The molecule has 2 aromatic rings. The molecule has 1 nitrogen and oxygen atoms in total. The molecule has 0 fully saturated rings.